The smallest absolute Gasteiger partial charge is 0.344 e. The van der Waals surface area contributed by atoms with Crippen LogP contribution in [0, 0.1) is 6.92 Å². The highest BCUT2D eigenvalue weighted by Crippen LogP contribution is 2.24. The summed E-state index contributed by atoms with van der Waals surface area (Å²) >= 11 is 0. The fourth-order valence-corrected chi connectivity index (χ4v) is 4.80. The summed E-state index contributed by atoms with van der Waals surface area (Å²) in [5, 5.41) is 5.27. The predicted molar refractivity (Wildman–Crippen MR) is 165 cm³/mol. The molecule has 2 N–H and O–H groups in total. The third-order valence-electron chi connectivity index (χ3n) is 7.12. The zero-order valence-corrected chi connectivity index (χ0v) is 24.6. The number of benzene rings is 3. The lowest BCUT2D eigenvalue weighted by atomic mass is 9.98. The summed E-state index contributed by atoms with van der Waals surface area (Å²) in [6.07, 6.45) is 4.90. The van der Waals surface area contributed by atoms with Gasteiger partial charge in [-0.05, 0) is 74.6 Å². The van der Waals surface area contributed by atoms with Crippen LogP contribution in [-0.4, -0.2) is 56.7 Å². The minimum Gasteiger partial charge on any atom is -0.482 e. The SMILES string of the molecule is Cc1cccc(NC(=O)NCC(=O)N(CC(=O)N(C)c2ccccc2)c2cccc(OCC(=O)OC3CCCCC3)c2)c1. The minimum atomic E-state index is -0.555. The Morgan fingerprint density at radius 1 is 0.837 bits per heavy atom. The molecule has 0 heterocycles. The van der Waals surface area contributed by atoms with Crippen molar-refractivity contribution in [3.05, 3.63) is 84.4 Å². The minimum absolute atomic E-state index is 0.0764. The number of amides is 4. The Morgan fingerprint density at radius 2 is 1.56 bits per heavy atom. The van der Waals surface area contributed by atoms with Crippen molar-refractivity contribution in [3.8, 4) is 5.75 Å². The van der Waals surface area contributed by atoms with E-state index in [9.17, 15) is 19.2 Å². The topological polar surface area (TPSA) is 117 Å². The third kappa shape index (κ3) is 9.59. The van der Waals surface area contributed by atoms with Crippen molar-refractivity contribution in [2.75, 3.05) is 41.9 Å². The molecule has 3 aromatic rings. The number of nitrogens with one attached hydrogen (secondary N) is 2. The van der Waals surface area contributed by atoms with Crippen LogP contribution in [0.4, 0.5) is 21.9 Å². The van der Waals surface area contributed by atoms with E-state index in [0.29, 0.717) is 22.8 Å². The molecule has 10 heteroatoms. The lowest BCUT2D eigenvalue weighted by Gasteiger charge is -2.26. The second-order valence-electron chi connectivity index (χ2n) is 10.5. The highest BCUT2D eigenvalue weighted by Gasteiger charge is 2.23. The lowest BCUT2D eigenvalue weighted by molar-refractivity contribution is -0.152. The largest absolute Gasteiger partial charge is 0.482 e. The van der Waals surface area contributed by atoms with Gasteiger partial charge in [0.05, 0.1) is 6.54 Å². The molecule has 0 radical (unpaired) electrons. The van der Waals surface area contributed by atoms with Crippen molar-refractivity contribution < 1.29 is 28.7 Å². The Kier molecular flexibility index (Phi) is 11.1. The molecule has 4 amide bonds. The van der Waals surface area contributed by atoms with Gasteiger partial charge in [-0.25, -0.2) is 9.59 Å². The number of rotatable bonds is 11. The van der Waals surface area contributed by atoms with E-state index >= 15 is 0 Å². The molecule has 0 aliphatic heterocycles. The van der Waals surface area contributed by atoms with Crippen LogP contribution in [0.15, 0.2) is 78.9 Å². The molecule has 0 atom stereocenters. The van der Waals surface area contributed by atoms with E-state index in [1.807, 2.05) is 43.3 Å². The summed E-state index contributed by atoms with van der Waals surface area (Å²) in [5.41, 5.74) is 2.61. The molecule has 226 valence electrons. The van der Waals surface area contributed by atoms with Crippen LogP contribution in [0.1, 0.15) is 37.7 Å². The molecule has 0 aromatic heterocycles. The number of carbonyl (C=O) groups excluding carboxylic acids is 4. The van der Waals surface area contributed by atoms with Crippen molar-refractivity contribution in [2.24, 2.45) is 0 Å². The summed E-state index contributed by atoms with van der Waals surface area (Å²) in [7, 11) is 1.63. The van der Waals surface area contributed by atoms with E-state index in [4.69, 9.17) is 9.47 Å². The Bertz CT molecular complexity index is 1410. The van der Waals surface area contributed by atoms with Gasteiger partial charge in [0.2, 0.25) is 11.8 Å². The molecule has 0 spiro atoms. The first-order valence-corrected chi connectivity index (χ1v) is 14.4. The summed E-state index contributed by atoms with van der Waals surface area (Å²) in [6.45, 7) is 0.979. The maximum absolute atomic E-state index is 13.4. The number of ether oxygens (including phenoxy) is 2. The first-order chi connectivity index (χ1) is 20.8. The van der Waals surface area contributed by atoms with Crippen molar-refractivity contribution in [3.63, 3.8) is 0 Å². The van der Waals surface area contributed by atoms with Crippen molar-refractivity contribution in [2.45, 2.75) is 45.1 Å². The highest BCUT2D eigenvalue weighted by molar-refractivity contribution is 6.05. The van der Waals surface area contributed by atoms with Gasteiger partial charge in [-0.1, -0.05) is 42.8 Å². The number of aryl methyl sites for hydroxylation is 1. The van der Waals surface area contributed by atoms with Crippen LogP contribution in [-0.2, 0) is 19.1 Å². The fraction of sp³-hybridized carbons (Fsp3) is 0.333. The van der Waals surface area contributed by atoms with Gasteiger partial charge in [0.25, 0.3) is 0 Å². The maximum Gasteiger partial charge on any atom is 0.344 e. The molecule has 0 saturated heterocycles. The number of urea groups is 1. The molecule has 1 aliphatic carbocycles. The number of carbonyl (C=O) groups is 4. The maximum atomic E-state index is 13.4. The molecule has 43 heavy (non-hydrogen) atoms. The molecule has 1 aliphatic rings. The zero-order valence-electron chi connectivity index (χ0n) is 24.6. The van der Waals surface area contributed by atoms with Crippen LogP contribution in [0.25, 0.3) is 0 Å². The Hall–Kier alpha value is -4.86. The van der Waals surface area contributed by atoms with Gasteiger partial charge in [-0.3, -0.25) is 9.59 Å². The monoisotopic (exact) mass is 586 g/mol. The van der Waals surface area contributed by atoms with Crippen LogP contribution < -0.4 is 25.2 Å². The molecular weight excluding hydrogens is 548 g/mol. The summed E-state index contributed by atoms with van der Waals surface area (Å²) in [5.74, 6) is -0.965. The molecular formula is C33H38N4O6. The molecule has 10 nitrogen and oxygen atoms in total. The van der Waals surface area contributed by atoms with Gasteiger partial charge in [-0.2, -0.15) is 0 Å². The van der Waals surface area contributed by atoms with E-state index in [-0.39, 0.29) is 31.7 Å². The summed E-state index contributed by atoms with van der Waals surface area (Å²) in [6, 6.07) is 22.4. The van der Waals surface area contributed by atoms with E-state index in [2.05, 4.69) is 10.6 Å². The number of para-hydroxylation sites is 1. The molecule has 0 unspecified atom stereocenters. The Balaban J connectivity index is 1.44. The first kappa shape index (κ1) is 31.1. The van der Waals surface area contributed by atoms with Crippen LogP contribution in [0.2, 0.25) is 0 Å². The predicted octanol–water partition coefficient (Wildman–Crippen LogP) is 5.07. The van der Waals surface area contributed by atoms with Crippen molar-refractivity contribution in [1.82, 2.24) is 5.32 Å². The number of likely N-dealkylation sites (N-methyl/N-ethyl adjacent to an activating group) is 1. The van der Waals surface area contributed by atoms with Gasteiger partial charge in [0.15, 0.2) is 6.61 Å². The van der Waals surface area contributed by atoms with Crippen molar-refractivity contribution in [1.29, 1.82) is 0 Å². The number of esters is 1. The lowest BCUT2D eigenvalue weighted by Crippen LogP contribution is -2.46. The van der Waals surface area contributed by atoms with Gasteiger partial charge in [0.1, 0.15) is 18.4 Å². The molecule has 3 aromatic carbocycles. The summed E-state index contributed by atoms with van der Waals surface area (Å²) < 4.78 is 11.2. The average Bonchev–Trinajstić information content (AvgIpc) is 3.02. The second kappa shape index (κ2) is 15.4. The molecule has 0 bridgehead atoms. The van der Waals surface area contributed by atoms with Gasteiger partial charge in [0, 0.05) is 30.2 Å². The quantitative estimate of drug-likeness (QED) is 0.303. The van der Waals surface area contributed by atoms with Crippen molar-refractivity contribution >= 4 is 40.9 Å². The number of anilines is 3. The van der Waals surface area contributed by atoms with E-state index in [1.54, 1.807) is 49.5 Å². The van der Waals surface area contributed by atoms with Crippen LogP contribution in [0.3, 0.4) is 0 Å². The van der Waals surface area contributed by atoms with Gasteiger partial charge >= 0.3 is 12.0 Å². The Labute approximate surface area is 252 Å². The molecule has 1 fully saturated rings. The fourth-order valence-electron chi connectivity index (χ4n) is 4.80. The van der Waals surface area contributed by atoms with E-state index < -0.39 is 17.9 Å². The summed E-state index contributed by atoms with van der Waals surface area (Å²) in [4.78, 5) is 54.3. The number of nitrogens with zero attached hydrogens (tertiary/aromatic N) is 2. The second-order valence-corrected chi connectivity index (χ2v) is 10.5. The average molecular weight is 587 g/mol. The normalized spacial score (nSPS) is 13.0. The van der Waals surface area contributed by atoms with E-state index in [1.165, 1.54) is 9.80 Å². The Morgan fingerprint density at radius 3 is 2.30 bits per heavy atom. The van der Waals surface area contributed by atoms with E-state index in [0.717, 1.165) is 37.7 Å². The molecule has 4 rings (SSSR count). The van der Waals surface area contributed by atoms with Gasteiger partial charge < -0.3 is 29.9 Å². The molecule has 1 saturated carbocycles. The standard InChI is InChI=1S/C33H38N4O6/c1-24-11-9-12-25(19-24)35-33(41)34-21-30(38)37(22-31(39)36(2)26-13-5-3-6-14-26)27-15-10-18-29(20-27)42-23-32(40)43-28-16-7-4-8-17-28/h3,5-6,9-15,18-20,28H,4,7-8,16-17,21-23H2,1-2H3,(H2,34,35,41). The number of hydrogen-bond donors (Lipinski definition) is 2. The van der Waals surface area contributed by atoms with Crippen LogP contribution >= 0.6 is 0 Å². The van der Waals surface area contributed by atoms with Crippen LogP contribution in [0.5, 0.6) is 5.75 Å². The highest BCUT2D eigenvalue weighted by atomic mass is 16.6. The first-order valence-electron chi connectivity index (χ1n) is 14.4. The number of hydrogen-bond acceptors (Lipinski definition) is 6. The third-order valence-corrected chi connectivity index (χ3v) is 7.12. The zero-order chi connectivity index (χ0) is 30.6. The van der Waals surface area contributed by atoms with Gasteiger partial charge in [-0.15, -0.1) is 0 Å².